The molecule has 2 N–H and O–H groups in total. The summed E-state index contributed by atoms with van der Waals surface area (Å²) in [5.41, 5.74) is 1.65. The molecule has 2 rings (SSSR count). The lowest BCUT2D eigenvalue weighted by atomic mass is 10.2. The number of aromatic nitrogens is 1. The van der Waals surface area contributed by atoms with Crippen molar-refractivity contribution in [1.29, 1.82) is 0 Å². The molecule has 1 aromatic carbocycles. The molecule has 0 saturated heterocycles. The Morgan fingerprint density at radius 3 is 2.61 bits per heavy atom. The molecule has 0 atom stereocenters. The maximum atomic E-state index is 11.0. The third-order valence-electron chi connectivity index (χ3n) is 2.20. The number of aromatic hydroxyl groups is 1. The smallest absolute Gasteiger partial charge is 0.209 e. The normalized spacial score (nSPS) is 11.6. The third kappa shape index (κ3) is 3.52. The summed E-state index contributed by atoms with van der Waals surface area (Å²) in [7, 11) is -3.20. The molecule has 2 aromatic rings. The number of benzene rings is 1. The summed E-state index contributed by atoms with van der Waals surface area (Å²) >= 11 is 1.39. The molecule has 1 heterocycles. The molecule has 96 valence electrons. The number of phenols is 1. The lowest BCUT2D eigenvalue weighted by Crippen LogP contribution is -2.21. The number of hydrogen-bond acceptors (Lipinski definition) is 5. The standard InChI is InChI=1S/C11H12N2O3S2/c1-18(15,16)12-6-11-13-10(7-17-11)8-2-4-9(14)5-3-8/h2-5,7,12,14H,6H2,1H3. The molecule has 5 nitrogen and oxygen atoms in total. The van der Waals surface area contributed by atoms with Crippen molar-refractivity contribution < 1.29 is 13.5 Å². The molecule has 0 unspecified atom stereocenters. The Bertz CT molecular complexity index is 633. The zero-order chi connectivity index (χ0) is 13.2. The average Bonchev–Trinajstić information content (AvgIpc) is 2.75. The number of nitrogens with zero attached hydrogens (tertiary/aromatic N) is 1. The first kappa shape index (κ1) is 13.0. The van der Waals surface area contributed by atoms with Gasteiger partial charge in [-0.15, -0.1) is 11.3 Å². The van der Waals surface area contributed by atoms with Crippen molar-refractivity contribution in [2.24, 2.45) is 0 Å². The monoisotopic (exact) mass is 284 g/mol. The highest BCUT2D eigenvalue weighted by atomic mass is 32.2. The quantitative estimate of drug-likeness (QED) is 0.893. The number of sulfonamides is 1. The van der Waals surface area contributed by atoms with Crippen LogP contribution in [0, 0.1) is 0 Å². The van der Waals surface area contributed by atoms with E-state index in [0.717, 1.165) is 17.5 Å². The molecular formula is C11H12N2O3S2. The Morgan fingerprint density at radius 1 is 1.33 bits per heavy atom. The predicted octanol–water partition coefficient (Wildman–Crippen LogP) is 1.56. The molecule has 0 aliphatic carbocycles. The highest BCUT2D eigenvalue weighted by Gasteiger charge is 2.07. The van der Waals surface area contributed by atoms with Crippen LogP contribution in [0.3, 0.4) is 0 Å². The van der Waals surface area contributed by atoms with Gasteiger partial charge in [0, 0.05) is 10.9 Å². The molecule has 0 spiro atoms. The maximum Gasteiger partial charge on any atom is 0.209 e. The van der Waals surface area contributed by atoms with Crippen LogP contribution in [0.25, 0.3) is 11.3 Å². The fourth-order valence-electron chi connectivity index (χ4n) is 1.35. The minimum absolute atomic E-state index is 0.196. The van der Waals surface area contributed by atoms with Crippen molar-refractivity contribution in [2.75, 3.05) is 6.26 Å². The molecule has 0 aliphatic rings. The van der Waals surface area contributed by atoms with Gasteiger partial charge in [-0.2, -0.15) is 0 Å². The second kappa shape index (κ2) is 5.05. The van der Waals surface area contributed by atoms with E-state index in [2.05, 4.69) is 9.71 Å². The molecule has 0 bridgehead atoms. The van der Waals surface area contributed by atoms with Gasteiger partial charge in [-0.05, 0) is 24.3 Å². The topological polar surface area (TPSA) is 79.3 Å². The SMILES string of the molecule is CS(=O)(=O)NCc1nc(-c2ccc(O)cc2)cs1. The van der Waals surface area contributed by atoms with Crippen LogP contribution in [-0.4, -0.2) is 24.8 Å². The molecule has 1 aromatic heterocycles. The van der Waals surface area contributed by atoms with Gasteiger partial charge in [0.25, 0.3) is 0 Å². The van der Waals surface area contributed by atoms with Crippen LogP contribution < -0.4 is 4.72 Å². The van der Waals surface area contributed by atoms with Gasteiger partial charge in [0.05, 0.1) is 18.5 Å². The molecule has 0 radical (unpaired) electrons. The summed E-state index contributed by atoms with van der Waals surface area (Å²) in [6.45, 7) is 0.196. The van der Waals surface area contributed by atoms with Crippen LogP contribution in [0.15, 0.2) is 29.6 Å². The van der Waals surface area contributed by atoms with Crippen molar-refractivity contribution in [2.45, 2.75) is 6.54 Å². The van der Waals surface area contributed by atoms with E-state index in [1.807, 2.05) is 5.38 Å². The molecular weight excluding hydrogens is 272 g/mol. The van der Waals surface area contributed by atoms with Crippen LogP contribution in [0.4, 0.5) is 0 Å². The van der Waals surface area contributed by atoms with Crippen LogP contribution in [0.1, 0.15) is 5.01 Å². The minimum atomic E-state index is -3.20. The summed E-state index contributed by atoms with van der Waals surface area (Å²) in [5.74, 6) is 0.202. The van der Waals surface area contributed by atoms with Gasteiger partial charge in [0.15, 0.2) is 0 Å². The summed E-state index contributed by atoms with van der Waals surface area (Å²) in [6.07, 6.45) is 1.11. The number of hydrogen-bond donors (Lipinski definition) is 2. The first-order valence-corrected chi connectivity index (χ1v) is 7.89. The maximum absolute atomic E-state index is 11.0. The van der Waals surface area contributed by atoms with Gasteiger partial charge in [0.1, 0.15) is 10.8 Å². The van der Waals surface area contributed by atoms with E-state index in [4.69, 9.17) is 0 Å². The van der Waals surface area contributed by atoms with E-state index < -0.39 is 10.0 Å². The summed E-state index contributed by atoms with van der Waals surface area (Å²) in [6, 6.07) is 6.70. The molecule has 18 heavy (non-hydrogen) atoms. The second-order valence-corrected chi connectivity index (χ2v) is 6.54. The molecule has 0 aliphatic heterocycles. The molecule has 0 fully saturated rings. The van der Waals surface area contributed by atoms with Crippen LogP contribution in [0.5, 0.6) is 5.75 Å². The van der Waals surface area contributed by atoms with Crippen molar-refractivity contribution in [3.05, 3.63) is 34.7 Å². The summed E-state index contributed by atoms with van der Waals surface area (Å²) < 4.78 is 24.3. The minimum Gasteiger partial charge on any atom is -0.508 e. The second-order valence-electron chi connectivity index (χ2n) is 3.77. The zero-order valence-corrected chi connectivity index (χ0v) is 11.3. The van der Waals surface area contributed by atoms with Crippen molar-refractivity contribution in [3.63, 3.8) is 0 Å². The van der Waals surface area contributed by atoms with E-state index in [1.54, 1.807) is 24.3 Å². The van der Waals surface area contributed by atoms with Crippen molar-refractivity contribution in [1.82, 2.24) is 9.71 Å². The van der Waals surface area contributed by atoms with E-state index in [0.29, 0.717) is 5.01 Å². The Labute approximate surface area is 109 Å². The summed E-state index contributed by atoms with van der Waals surface area (Å²) in [5, 5.41) is 11.7. The van der Waals surface area contributed by atoms with Gasteiger partial charge >= 0.3 is 0 Å². The number of nitrogens with one attached hydrogen (secondary N) is 1. The highest BCUT2D eigenvalue weighted by Crippen LogP contribution is 2.23. The number of phenolic OH excluding ortho intramolecular Hbond substituents is 1. The predicted molar refractivity (Wildman–Crippen MR) is 70.9 cm³/mol. The highest BCUT2D eigenvalue weighted by molar-refractivity contribution is 7.88. The third-order valence-corrected chi connectivity index (χ3v) is 3.72. The van der Waals surface area contributed by atoms with E-state index in [1.165, 1.54) is 11.3 Å². The molecule has 7 heteroatoms. The zero-order valence-electron chi connectivity index (χ0n) is 9.62. The van der Waals surface area contributed by atoms with Gasteiger partial charge in [-0.1, -0.05) is 0 Å². The largest absolute Gasteiger partial charge is 0.508 e. The average molecular weight is 284 g/mol. The van der Waals surface area contributed by atoms with Crippen LogP contribution >= 0.6 is 11.3 Å². The van der Waals surface area contributed by atoms with Crippen molar-refractivity contribution in [3.8, 4) is 17.0 Å². The van der Waals surface area contributed by atoms with Crippen molar-refractivity contribution >= 4 is 21.4 Å². The number of thiazole rings is 1. The fraction of sp³-hybridized carbons (Fsp3) is 0.182. The van der Waals surface area contributed by atoms with E-state index in [-0.39, 0.29) is 12.3 Å². The van der Waals surface area contributed by atoms with Gasteiger partial charge in [0.2, 0.25) is 10.0 Å². The first-order chi connectivity index (χ1) is 8.44. The fourth-order valence-corrected chi connectivity index (χ4v) is 2.58. The van der Waals surface area contributed by atoms with E-state index >= 15 is 0 Å². The molecule has 0 amide bonds. The van der Waals surface area contributed by atoms with Gasteiger partial charge in [-0.3, -0.25) is 0 Å². The van der Waals surface area contributed by atoms with Crippen LogP contribution in [0.2, 0.25) is 0 Å². The lowest BCUT2D eigenvalue weighted by Gasteiger charge is -1.98. The Morgan fingerprint density at radius 2 is 2.00 bits per heavy atom. The first-order valence-electron chi connectivity index (χ1n) is 5.12. The number of rotatable bonds is 4. The summed E-state index contributed by atoms with van der Waals surface area (Å²) in [4.78, 5) is 4.32. The van der Waals surface area contributed by atoms with Crippen LogP contribution in [-0.2, 0) is 16.6 Å². The van der Waals surface area contributed by atoms with E-state index in [9.17, 15) is 13.5 Å². The Kier molecular flexibility index (Phi) is 3.65. The lowest BCUT2D eigenvalue weighted by molar-refractivity contribution is 0.475. The molecule has 0 saturated carbocycles. The Hall–Kier alpha value is -1.44. The van der Waals surface area contributed by atoms with Gasteiger partial charge in [-0.25, -0.2) is 18.1 Å². The van der Waals surface area contributed by atoms with Gasteiger partial charge < -0.3 is 5.11 Å². The Balaban J connectivity index is 2.13.